The maximum atomic E-state index is 12.8. The Kier molecular flexibility index (Phi) is 28.9. The summed E-state index contributed by atoms with van der Waals surface area (Å²) in [5.74, 6) is 10.2. The molecule has 3 aliphatic rings. The number of H-pyrrole nitrogens is 1. The first kappa shape index (κ1) is 85.8. The van der Waals surface area contributed by atoms with Gasteiger partial charge in [-0.2, -0.15) is 5.10 Å². The predicted molar refractivity (Wildman–Crippen MR) is 443 cm³/mol. The standard InChI is InChI=1S/C26H32N6O4S2Si.C22H24BrN5O4S2.C21H22N6O3S2.C5H10Si/c1-17(33)27-12-6-13-38(35,36)24-10-9-22(37-24)26-28-16-20(11-14-39(3,4)5)25(30-26)29-23-15-21(19-7-8-19)32(31-23)18(2)34;1-13(29)5-3-4-10-34(31,32)20-9-8-18(33-20)22-24-12-16(23)21(26-22)25-19-11-17(15-6-7-15)28(27-19)14(2)30;1-3-14-12-23-21(25-20(14)24-18-11-16(26-27-18)15-5-6-15)17-7-8-19(31-17)32(29,30)10-4-9-22-13(2)28;1-5-6(2,3)4/h9-10,15-16,19H,6-8,12-13H2,1-5H3,(H,27,33)(H,28,29,30,31);8-9,11-12,15H,3-7,10H2,1-2H3,(H,24,25,26,27);1,7-8,11-12,15H,4-6,9-10H2,2H3,(H,22,28)(H2,23,24,25,26,27);1H,2-4H3. The minimum absolute atomic E-state index is 0.00360. The fraction of sp³-hybridized carbons (Fsp3) is 0.405. The van der Waals surface area contributed by atoms with Gasteiger partial charge in [0, 0.05) is 107 Å². The fourth-order valence-corrected chi connectivity index (χ4v) is 19.2. The van der Waals surface area contributed by atoms with Crippen LogP contribution < -0.4 is 26.6 Å². The lowest BCUT2D eigenvalue weighted by atomic mass is 10.2. The number of sulfone groups is 3. The fourth-order valence-electron chi connectivity index (χ4n) is 10.2. The van der Waals surface area contributed by atoms with Gasteiger partial charge in [0.25, 0.3) is 0 Å². The number of Topliss-reactive ketones (excluding diaryl/α,β-unsaturated/α-hetero) is 1. The Morgan fingerprint density at radius 3 is 1.35 bits per heavy atom. The van der Waals surface area contributed by atoms with E-state index in [1.807, 2.05) is 18.2 Å². The van der Waals surface area contributed by atoms with Crippen molar-refractivity contribution in [1.82, 2.24) is 70.3 Å². The predicted octanol–water partition coefficient (Wildman–Crippen LogP) is 13.5. The topological polar surface area (TPSA) is 390 Å². The maximum absolute atomic E-state index is 12.8. The second kappa shape index (κ2) is 37.4. The van der Waals surface area contributed by atoms with Crippen LogP contribution in [0.1, 0.15) is 161 Å². The Morgan fingerprint density at radius 2 is 0.946 bits per heavy atom. The van der Waals surface area contributed by atoms with Gasteiger partial charge in [-0.3, -0.25) is 24.3 Å². The van der Waals surface area contributed by atoms with E-state index in [0.29, 0.717) is 146 Å². The molecule has 0 aliphatic heterocycles. The molecule has 111 heavy (non-hydrogen) atoms. The van der Waals surface area contributed by atoms with Gasteiger partial charge in [-0.05, 0) is 123 Å². The van der Waals surface area contributed by atoms with Gasteiger partial charge in [0.2, 0.25) is 23.6 Å². The molecule has 6 N–H and O–H groups in total. The number of ketones is 1. The number of thiophene rings is 3. The lowest BCUT2D eigenvalue weighted by Gasteiger charge is -2.08. The van der Waals surface area contributed by atoms with Gasteiger partial charge in [0.15, 0.2) is 76.1 Å². The number of hydrogen-bond acceptors (Lipinski definition) is 26. The van der Waals surface area contributed by atoms with E-state index in [0.717, 1.165) is 89.6 Å². The zero-order valence-corrected chi connectivity index (χ0v) is 71.9. The summed E-state index contributed by atoms with van der Waals surface area (Å²) in [7, 11) is -13.2. The molecule has 9 heterocycles. The van der Waals surface area contributed by atoms with Crippen LogP contribution in [0.5, 0.6) is 0 Å². The number of nitrogens with zero attached hydrogens (tertiary/aromatic N) is 11. The van der Waals surface area contributed by atoms with E-state index in [1.165, 1.54) is 50.2 Å². The quantitative estimate of drug-likeness (QED) is 0.0151. The zero-order valence-electron chi connectivity index (χ0n) is 63.4. The first-order valence-electron chi connectivity index (χ1n) is 35.7. The van der Waals surface area contributed by atoms with Crippen molar-refractivity contribution in [3.8, 4) is 67.9 Å². The molecule has 0 bridgehead atoms. The molecule has 9 aromatic rings. The molecule has 0 saturated heterocycles. The van der Waals surface area contributed by atoms with Crippen molar-refractivity contribution in [2.75, 3.05) is 46.3 Å². The molecule has 12 rings (SSSR count). The monoisotopic (exact) mass is 1720 g/mol. The van der Waals surface area contributed by atoms with E-state index < -0.39 is 45.7 Å². The summed E-state index contributed by atoms with van der Waals surface area (Å²) in [6.07, 6.45) is 23.9. The summed E-state index contributed by atoms with van der Waals surface area (Å²) in [5.41, 5.74) is 9.98. The lowest BCUT2D eigenvalue weighted by Crippen LogP contribution is -2.22. The molecule has 586 valence electrons. The Morgan fingerprint density at radius 1 is 0.541 bits per heavy atom. The number of carbonyl (C=O) groups excluding carboxylic acids is 5. The minimum Gasteiger partial charge on any atom is -0.356 e. The van der Waals surface area contributed by atoms with Crippen molar-refractivity contribution in [3.63, 3.8) is 0 Å². The molecule has 2 amide bonds. The summed E-state index contributed by atoms with van der Waals surface area (Å²) in [6, 6.07) is 15.4. The first-order chi connectivity index (χ1) is 52.4. The van der Waals surface area contributed by atoms with Gasteiger partial charge < -0.3 is 31.4 Å². The summed E-state index contributed by atoms with van der Waals surface area (Å²) < 4.78 is 80.3. The van der Waals surface area contributed by atoms with Gasteiger partial charge >= 0.3 is 0 Å². The second-order valence-corrected chi connectivity index (χ2v) is 49.3. The highest BCUT2D eigenvalue weighted by atomic mass is 79.9. The molecule has 3 fully saturated rings. The molecule has 0 spiro atoms. The Labute approximate surface area is 669 Å². The van der Waals surface area contributed by atoms with Gasteiger partial charge in [-0.1, -0.05) is 51.1 Å². The molecule has 0 atom stereocenters. The number of carbonyl (C=O) groups is 5. The summed E-state index contributed by atoms with van der Waals surface area (Å²) in [5, 5.41) is 30.8. The van der Waals surface area contributed by atoms with E-state index in [9.17, 15) is 49.2 Å². The SMILES string of the molecule is C#C[Si](C)(C)C.C#Cc1cnc(-c2ccc(S(=O)(=O)CCCNC(C)=O)s2)nc1Nc1cc(C2CC2)[nH]n1.CC(=O)CCCCS(=O)(=O)c1ccc(-c2ncc(Br)c(Nc3cc(C4CC4)n(C(C)=O)n3)n2)s1.CC(=O)NCCCS(=O)(=O)c1ccc(-c2ncc(C#C[Si](C)(C)C)c(Nc3cc(C4CC4)n(C(C)=O)n3)n2)s1. The number of anilines is 6. The molecule has 37 heteroatoms. The molecule has 0 radical (unpaired) electrons. The van der Waals surface area contributed by atoms with Crippen LogP contribution in [-0.2, 0) is 43.9 Å². The summed E-state index contributed by atoms with van der Waals surface area (Å²) >= 11 is 6.74. The molecular formula is C74H88BrN17O11S6Si2. The lowest BCUT2D eigenvalue weighted by molar-refractivity contribution is -0.119. The third-order valence-electron chi connectivity index (χ3n) is 16.3. The maximum Gasteiger partial charge on any atom is 0.244 e. The first-order valence-corrected chi connectivity index (χ1v) is 50.9. The van der Waals surface area contributed by atoms with Crippen molar-refractivity contribution in [2.45, 2.75) is 175 Å². The average Bonchev–Trinajstić information content (AvgIpc) is 1.68. The Bertz CT molecular complexity index is 5450. The molecule has 28 nitrogen and oxygen atoms in total. The number of terminal acetylenes is 2. The highest BCUT2D eigenvalue weighted by Crippen LogP contribution is 2.44. The zero-order chi connectivity index (χ0) is 80.8. The van der Waals surface area contributed by atoms with Crippen LogP contribution in [0.2, 0.25) is 39.3 Å². The van der Waals surface area contributed by atoms with Crippen LogP contribution in [0, 0.1) is 35.8 Å². The molecule has 3 saturated carbocycles. The van der Waals surface area contributed by atoms with Gasteiger partial charge in [0.1, 0.15) is 40.4 Å². The number of rotatable bonds is 28. The Hall–Kier alpha value is -9.24. The van der Waals surface area contributed by atoms with Crippen LogP contribution in [0.4, 0.5) is 34.9 Å². The number of nitrogens with one attached hydrogen (secondary N) is 6. The van der Waals surface area contributed by atoms with E-state index in [-0.39, 0.29) is 59.3 Å². The van der Waals surface area contributed by atoms with Gasteiger partial charge in [-0.15, -0.1) is 68.1 Å². The molecule has 3 aliphatic carbocycles. The normalized spacial score (nSPS) is 13.4. The average molecular weight is 1720 g/mol. The Balaban J connectivity index is 0.000000185. The highest BCUT2D eigenvalue weighted by molar-refractivity contribution is 9.10. The number of hydrogen-bond donors (Lipinski definition) is 6. The largest absolute Gasteiger partial charge is 0.356 e. The number of unbranched alkanes of at least 4 members (excludes halogenated alkanes) is 1. The van der Waals surface area contributed by atoms with Crippen LogP contribution in [0.25, 0.3) is 32.1 Å². The van der Waals surface area contributed by atoms with Crippen molar-refractivity contribution >= 4 is 160 Å². The van der Waals surface area contributed by atoms with E-state index in [1.54, 1.807) is 48.8 Å². The summed E-state index contributed by atoms with van der Waals surface area (Å²) in [6.45, 7) is 20.7. The van der Waals surface area contributed by atoms with Gasteiger partial charge in [-0.25, -0.2) is 64.5 Å². The van der Waals surface area contributed by atoms with Crippen molar-refractivity contribution in [1.29, 1.82) is 0 Å². The van der Waals surface area contributed by atoms with Crippen molar-refractivity contribution in [2.24, 2.45) is 0 Å². The number of amides is 2. The third kappa shape index (κ3) is 25.6. The molecule has 0 aromatic carbocycles. The van der Waals surface area contributed by atoms with E-state index >= 15 is 0 Å². The third-order valence-corrected chi connectivity index (χ3v) is 29.1. The number of aromatic amines is 1. The molecular weight excluding hydrogens is 1630 g/mol. The van der Waals surface area contributed by atoms with E-state index in [4.69, 9.17) is 17.8 Å². The van der Waals surface area contributed by atoms with Crippen molar-refractivity contribution in [3.05, 3.63) is 106 Å². The molecule has 9 aromatic heterocycles. The van der Waals surface area contributed by atoms with Crippen LogP contribution >= 0.6 is 49.9 Å². The van der Waals surface area contributed by atoms with Crippen molar-refractivity contribution < 1.29 is 49.2 Å². The second-order valence-electron chi connectivity index (χ2n) is 28.7. The van der Waals surface area contributed by atoms with Crippen LogP contribution in [-0.4, -0.2) is 161 Å². The van der Waals surface area contributed by atoms with Crippen LogP contribution in [0.3, 0.4) is 0 Å². The highest BCUT2D eigenvalue weighted by Gasteiger charge is 2.32. The minimum atomic E-state index is -3.52. The summed E-state index contributed by atoms with van der Waals surface area (Å²) in [4.78, 5) is 85.8. The van der Waals surface area contributed by atoms with Gasteiger partial charge in [0.05, 0.1) is 58.9 Å². The molecule has 0 unspecified atom stereocenters. The smallest absolute Gasteiger partial charge is 0.244 e. The van der Waals surface area contributed by atoms with E-state index in [2.05, 4.69) is 150 Å². The number of aromatic nitrogens is 12. The van der Waals surface area contributed by atoms with Crippen LogP contribution in [0.15, 0.2) is 90.3 Å². The number of halogens is 1.